The molecule has 126 valence electrons. The van der Waals surface area contributed by atoms with Crippen LogP contribution in [0.25, 0.3) is 0 Å². The lowest BCUT2D eigenvalue weighted by Crippen LogP contribution is -2.40. The van der Waals surface area contributed by atoms with Gasteiger partial charge in [-0.25, -0.2) is 9.79 Å². The van der Waals surface area contributed by atoms with Gasteiger partial charge in [0.1, 0.15) is 0 Å². The molecular weight excluding hydrogens is 392 g/mol. The number of fused-ring (bicyclic) bond motifs is 1. The zero-order valence-electron chi connectivity index (χ0n) is 13.6. The fraction of sp³-hybridized carbons (Fsp3) is 0.353. The van der Waals surface area contributed by atoms with E-state index in [0.717, 1.165) is 10.0 Å². The van der Waals surface area contributed by atoms with Crippen LogP contribution in [-0.4, -0.2) is 33.8 Å². The highest BCUT2D eigenvalue weighted by atomic mass is 79.9. The van der Waals surface area contributed by atoms with Crippen molar-refractivity contribution >= 4 is 44.7 Å². The number of halogens is 1. The summed E-state index contributed by atoms with van der Waals surface area (Å²) in [6.45, 7) is 5.68. The molecule has 0 aliphatic carbocycles. The van der Waals surface area contributed by atoms with Gasteiger partial charge in [-0.3, -0.25) is 9.69 Å². The number of carbonyl (C=O) groups excluding carboxylic acids is 2. The van der Waals surface area contributed by atoms with Crippen LogP contribution in [0.5, 0.6) is 0 Å². The molecule has 2 atom stereocenters. The molecule has 0 saturated carbocycles. The van der Waals surface area contributed by atoms with Gasteiger partial charge >= 0.3 is 5.97 Å². The van der Waals surface area contributed by atoms with E-state index < -0.39 is 12.0 Å². The van der Waals surface area contributed by atoms with Gasteiger partial charge in [-0.2, -0.15) is 0 Å². The largest absolute Gasteiger partial charge is 0.463 e. The molecule has 2 aliphatic rings. The SMILES string of the molecule is CCOC(=O)C1=C(C)N=C2S[C@@H](C)C(=O)N2[C@@H]1c1ccc(Br)cc1. The molecule has 1 aromatic rings. The average molecular weight is 409 g/mol. The van der Waals surface area contributed by atoms with Gasteiger partial charge < -0.3 is 4.74 Å². The normalized spacial score (nSPS) is 23.2. The first-order chi connectivity index (χ1) is 11.4. The summed E-state index contributed by atoms with van der Waals surface area (Å²) in [6, 6.07) is 7.11. The summed E-state index contributed by atoms with van der Waals surface area (Å²) >= 11 is 4.84. The van der Waals surface area contributed by atoms with Crippen LogP contribution < -0.4 is 0 Å². The molecule has 1 aromatic carbocycles. The Kier molecular flexibility index (Phi) is 4.83. The number of ether oxygens (including phenoxy) is 1. The van der Waals surface area contributed by atoms with Crippen molar-refractivity contribution < 1.29 is 14.3 Å². The molecule has 2 heterocycles. The lowest BCUT2D eigenvalue weighted by atomic mass is 9.94. The van der Waals surface area contributed by atoms with E-state index in [4.69, 9.17) is 4.74 Å². The van der Waals surface area contributed by atoms with Crippen molar-refractivity contribution in [2.75, 3.05) is 6.61 Å². The molecule has 0 bridgehead atoms. The number of carbonyl (C=O) groups is 2. The number of allylic oxidation sites excluding steroid dienone is 1. The Morgan fingerprint density at radius 3 is 2.67 bits per heavy atom. The third-order valence-electron chi connectivity index (χ3n) is 3.94. The highest BCUT2D eigenvalue weighted by Crippen LogP contribution is 2.43. The summed E-state index contributed by atoms with van der Waals surface area (Å²) in [4.78, 5) is 31.3. The molecular formula is C17H17BrN2O3S. The minimum Gasteiger partial charge on any atom is -0.463 e. The second kappa shape index (κ2) is 6.72. The zero-order chi connectivity index (χ0) is 17.4. The Morgan fingerprint density at radius 1 is 1.38 bits per heavy atom. The third-order valence-corrected chi connectivity index (χ3v) is 5.52. The molecule has 2 aliphatic heterocycles. The number of amidine groups is 1. The standard InChI is InChI=1S/C17H17BrN2O3S/c1-4-23-16(22)13-9(2)19-17-20(15(21)10(3)24-17)14(13)11-5-7-12(18)8-6-11/h5-8,10,14H,4H2,1-3H3/t10-,14+/m0/s1. The van der Waals surface area contributed by atoms with Crippen LogP contribution in [-0.2, 0) is 14.3 Å². The Hall–Kier alpha value is -1.60. The molecule has 3 rings (SSSR count). The number of esters is 1. The number of hydrogen-bond donors (Lipinski definition) is 0. The summed E-state index contributed by atoms with van der Waals surface area (Å²) in [5, 5.41) is 0.432. The van der Waals surface area contributed by atoms with Gasteiger partial charge in [0.25, 0.3) is 0 Å². The maximum atomic E-state index is 12.7. The van der Waals surface area contributed by atoms with E-state index in [-0.39, 0.29) is 17.8 Å². The van der Waals surface area contributed by atoms with Crippen molar-refractivity contribution in [2.24, 2.45) is 4.99 Å². The van der Waals surface area contributed by atoms with Crippen molar-refractivity contribution in [1.82, 2.24) is 4.90 Å². The molecule has 1 amide bonds. The lowest BCUT2D eigenvalue weighted by molar-refractivity contribution is -0.139. The maximum absolute atomic E-state index is 12.7. The molecule has 1 fully saturated rings. The van der Waals surface area contributed by atoms with Crippen LogP contribution in [0.4, 0.5) is 0 Å². The predicted molar refractivity (Wildman–Crippen MR) is 97.6 cm³/mol. The third kappa shape index (κ3) is 2.91. The molecule has 0 spiro atoms. The topological polar surface area (TPSA) is 59.0 Å². The monoisotopic (exact) mass is 408 g/mol. The quantitative estimate of drug-likeness (QED) is 0.715. The fourth-order valence-electron chi connectivity index (χ4n) is 2.83. The van der Waals surface area contributed by atoms with Crippen molar-refractivity contribution in [3.05, 3.63) is 45.6 Å². The molecule has 24 heavy (non-hydrogen) atoms. The van der Waals surface area contributed by atoms with Gasteiger partial charge in [0.05, 0.1) is 29.2 Å². The highest BCUT2D eigenvalue weighted by Gasteiger charge is 2.46. The van der Waals surface area contributed by atoms with E-state index in [1.165, 1.54) is 11.8 Å². The molecule has 0 radical (unpaired) electrons. The smallest absolute Gasteiger partial charge is 0.338 e. The first kappa shape index (κ1) is 17.2. The summed E-state index contributed by atoms with van der Waals surface area (Å²) in [7, 11) is 0. The van der Waals surface area contributed by atoms with Gasteiger partial charge in [-0.05, 0) is 38.5 Å². The Balaban J connectivity index is 2.14. The number of hydrogen-bond acceptors (Lipinski definition) is 5. The second-order valence-corrected chi connectivity index (χ2v) is 7.76. The number of aliphatic imine (C=N–C) groups is 1. The molecule has 7 heteroatoms. The van der Waals surface area contributed by atoms with Gasteiger partial charge in [-0.15, -0.1) is 0 Å². The van der Waals surface area contributed by atoms with Gasteiger partial charge in [-0.1, -0.05) is 39.8 Å². The summed E-state index contributed by atoms with van der Waals surface area (Å²) < 4.78 is 6.15. The maximum Gasteiger partial charge on any atom is 0.338 e. The van der Waals surface area contributed by atoms with Gasteiger partial charge in [0, 0.05) is 4.47 Å². The van der Waals surface area contributed by atoms with Crippen molar-refractivity contribution in [3.63, 3.8) is 0 Å². The van der Waals surface area contributed by atoms with Crippen LogP contribution in [0, 0.1) is 0 Å². The Morgan fingerprint density at radius 2 is 2.04 bits per heavy atom. The van der Waals surface area contributed by atoms with Crippen LogP contribution in [0.2, 0.25) is 0 Å². The molecule has 0 unspecified atom stereocenters. The van der Waals surface area contributed by atoms with Crippen LogP contribution >= 0.6 is 27.7 Å². The Labute approximate surface area is 153 Å². The summed E-state index contributed by atoms with van der Waals surface area (Å²) in [6.07, 6.45) is 0. The second-order valence-electron chi connectivity index (χ2n) is 5.54. The molecule has 5 nitrogen and oxygen atoms in total. The Bertz CT molecular complexity index is 758. The zero-order valence-corrected chi connectivity index (χ0v) is 16.0. The number of thioether (sulfide) groups is 1. The van der Waals surface area contributed by atoms with E-state index in [1.807, 2.05) is 31.2 Å². The van der Waals surface area contributed by atoms with Crippen molar-refractivity contribution in [1.29, 1.82) is 0 Å². The van der Waals surface area contributed by atoms with Crippen LogP contribution in [0.1, 0.15) is 32.4 Å². The molecule has 0 N–H and O–H groups in total. The highest BCUT2D eigenvalue weighted by molar-refractivity contribution is 9.10. The summed E-state index contributed by atoms with van der Waals surface area (Å²) in [5.74, 6) is -0.468. The molecule has 1 saturated heterocycles. The average Bonchev–Trinajstić information content (AvgIpc) is 2.81. The number of benzene rings is 1. The number of rotatable bonds is 3. The van der Waals surface area contributed by atoms with E-state index in [9.17, 15) is 9.59 Å². The first-order valence-corrected chi connectivity index (χ1v) is 9.33. The van der Waals surface area contributed by atoms with Crippen LogP contribution in [0.3, 0.4) is 0 Å². The number of amides is 1. The predicted octanol–water partition coefficient (Wildman–Crippen LogP) is 3.66. The van der Waals surface area contributed by atoms with E-state index in [2.05, 4.69) is 20.9 Å². The van der Waals surface area contributed by atoms with E-state index >= 15 is 0 Å². The van der Waals surface area contributed by atoms with Crippen molar-refractivity contribution in [2.45, 2.75) is 32.1 Å². The van der Waals surface area contributed by atoms with Crippen LogP contribution in [0.15, 0.2) is 45.0 Å². The lowest BCUT2D eigenvalue weighted by Gasteiger charge is -2.33. The van der Waals surface area contributed by atoms with Gasteiger partial charge in [0.15, 0.2) is 5.17 Å². The van der Waals surface area contributed by atoms with E-state index in [0.29, 0.717) is 16.4 Å². The fourth-order valence-corrected chi connectivity index (χ4v) is 4.13. The van der Waals surface area contributed by atoms with E-state index in [1.54, 1.807) is 18.7 Å². The first-order valence-electron chi connectivity index (χ1n) is 7.65. The summed E-state index contributed by atoms with van der Waals surface area (Å²) in [5.41, 5.74) is 1.88. The number of nitrogens with zero attached hydrogens (tertiary/aromatic N) is 2. The van der Waals surface area contributed by atoms with Gasteiger partial charge in [0.2, 0.25) is 5.91 Å². The minimum atomic E-state index is -0.505. The minimum absolute atomic E-state index is 0.0408. The molecule has 0 aromatic heterocycles. The van der Waals surface area contributed by atoms with Crippen molar-refractivity contribution in [3.8, 4) is 0 Å².